The minimum atomic E-state index is -0.273. The van der Waals surface area contributed by atoms with Gasteiger partial charge in [0.25, 0.3) is 0 Å². The molecule has 0 saturated heterocycles. The summed E-state index contributed by atoms with van der Waals surface area (Å²) in [4.78, 5) is 24.2. The molecule has 7 heteroatoms. The fourth-order valence-electron chi connectivity index (χ4n) is 3.11. The molecule has 0 bridgehead atoms. The van der Waals surface area contributed by atoms with Gasteiger partial charge in [-0.15, -0.1) is 5.10 Å². The van der Waals surface area contributed by atoms with Crippen LogP contribution in [0.2, 0.25) is 0 Å². The smallest absolute Gasteiger partial charge is 0.343 e. The van der Waals surface area contributed by atoms with Crippen LogP contribution in [0.1, 0.15) is 53.4 Å². The molecule has 1 aromatic heterocycles. The Morgan fingerprint density at radius 1 is 1.48 bits per heavy atom. The van der Waals surface area contributed by atoms with Gasteiger partial charge in [0, 0.05) is 12.6 Å². The zero-order chi connectivity index (χ0) is 17.0. The fraction of sp³-hybridized carbons (Fsp3) is 0.812. The van der Waals surface area contributed by atoms with Crippen LogP contribution in [-0.4, -0.2) is 32.0 Å². The van der Waals surface area contributed by atoms with Crippen LogP contribution in [0.3, 0.4) is 0 Å². The molecule has 1 saturated carbocycles. The lowest BCUT2D eigenvalue weighted by atomic mass is 9.78. The Morgan fingerprint density at radius 2 is 2.22 bits per heavy atom. The van der Waals surface area contributed by atoms with E-state index in [4.69, 9.17) is 0 Å². The molecule has 130 valence electrons. The summed E-state index contributed by atoms with van der Waals surface area (Å²) in [5.41, 5.74) is -0.211. The summed E-state index contributed by atoms with van der Waals surface area (Å²) in [6.45, 7) is 8.97. The van der Waals surface area contributed by atoms with Gasteiger partial charge < -0.3 is 5.32 Å². The van der Waals surface area contributed by atoms with Crippen LogP contribution < -0.4 is 11.0 Å². The van der Waals surface area contributed by atoms with Gasteiger partial charge in [-0.25, -0.2) is 9.89 Å². The number of thioether (sulfide) groups is 1. The topological polar surface area (TPSA) is 79.8 Å². The number of aromatic nitrogens is 3. The molecule has 0 aliphatic heterocycles. The van der Waals surface area contributed by atoms with E-state index in [1.165, 1.54) is 24.6 Å². The summed E-state index contributed by atoms with van der Waals surface area (Å²) < 4.78 is 1.60. The van der Waals surface area contributed by atoms with Crippen molar-refractivity contribution in [2.75, 3.05) is 0 Å². The van der Waals surface area contributed by atoms with Gasteiger partial charge in [0.1, 0.15) is 0 Å². The highest BCUT2D eigenvalue weighted by Crippen LogP contribution is 2.30. The predicted molar refractivity (Wildman–Crippen MR) is 92.6 cm³/mol. The minimum absolute atomic E-state index is 0.0273. The Hall–Kier alpha value is -1.24. The molecule has 23 heavy (non-hydrogen) atoms. The molecule has 0 unspecified atom stereocenters. The molecule has 1 fully saturated rings. The maximum Gasteiger partial charge on any atom is 0.343 e. The molecular weight excluding hydrogens is 312 g/mol. The second kappa shape index (κ2) is 8.04. The molecule has 4 atom stereocenters. The highest BCUT2D eigenvalue weighted by Gasteiger charge is 2.29. The van der Waals surface area contributed by atoms with Crippen LogP contribution in [0, 0.1) is 11.8 Å². The standard InChI is InChI=1S/C16H28N4O2S/c1-5-9-20-15(22)18-19-16(20)23-12(4)14(21)17-13-8-6-7-10(2)11(13)3/h10-13H,5-9H2,1-4H3,(H,17,21)(H,18,22)/t10-,11-,12+,13+/m0/s1. The Labute approximate surface area is 141 Å². The number of nitrogens with one attached hydrogen (secondary N) is 2. The molecule has 6 nitrogen and oxygen atoms in total. The number of nitrogens with zero attached hydrogens (tertiary/aromatic N) is 2. The van der Waals surface area contributed by atoms with Crippen molar-refractivity contribution in [2.45, 2.75) is 76.4 Å². The highest BCUT2D eigenvalue weighted by molar-refractivity contribution is 8.00. The van der Waals surface area contributed by atoms with Crippen molar-refractivity contribution in [1.82, 2.24) is 20.1 Å². The predicted octanol–water partition coefficient (Wildman–Crippen LogP) is 2.40. The largest absolute Gasteiger partial charge is 0.352 e. The maximum atomic E-state index is 12.5. The molecule has 1 amide bonds. The third-order valence-corrected chi connectivity index (χ3v) is 5.95. The third kappa shape index (κ3) is 4.40. The summed E-state index contributed by atoms with van der Waals surface area (Å²) >= 11 is 1.34. The van der Waals surface area contributed by atoms with Crippen molar-refractivity contribution < 1.29 is 4.79 Å². The van der Waals surface area contributed by atoms with E-state index in [0.29, 0.717) is 23.5 Å². The Kier molecular flexibility index (Phi) is 6.33. The van der Waals surface area contributed by atoms with E-state index in [-0.39, 0.29) is 22.9 Å². The van der Waals surface area contributed by atoms with Gasteiger partial charge >= 0.3 is 5.69 Å². The SMILES string of the molecule is CCCn1c(S[C@H](C)C(=O)N[C@@H]2CCC[C@H](C)[C@@H]2C)n[nH]c1=O. The summed E-state index contributed by atoms with van der Waals surface area (Å²) in [5, 5.41) is 10.0. The van der Waals surface area contributed by atoms with Gasteiger partial charge in [-0.05, 0) is 31.6 Å². The molecular formula is C16H28N4O2S. The molecule has 0 radical (unpaired) electrons. The van der Waals surface area contributed by atoms with Gasteiger partial charge in [0.15, 0.2) is 5.16 Å². The molecule has 1 heterocycles. The van der Waals surface area contributed by atoms with Gasteiger partial charge in [0.2, 0.25) is 5.91 Å². The Bertz CT molecular complexity index is 583. The molecule has 1 aliphatic rings. The number of hydrogen-bond donors (Lipinski definition) is 2. The Morgan fingerprint density at radius 3 is 2.91 bits per heavy atom. The average Bonchev–Trinajstić information content (AvgIpc) is 2.85. The summed E-state index contributed by atoms with van der Waals surface area (Å²) in [5.74, 6) is 1.19. The van der Waals surface area contributed by atoms with Crippen LogP contribution >= 0.6 is 11.8 Å². The van der Waals surface area contributed by atoms with Crippen LogP contribution in [0.5, 0.6) is 0 Å². The van der Waals surface area contributed by atoms with E-state index in [0.717, 1.165) is 12.8 Å². The van der Waals surface area contributed by atoms with Crippen LogP contribution in [0.4, 0.5) is 0 Å². The minimum Gasteiger partial charge on any atom is -0.352 e. The van der Waals surface area contributed by atoms with Crippen molar-refractivity contribution in [1.29, 1.82) is 0 Å². The molecule has 2 N–H and O–H groups in total. The highest BCUT2D eigenvalue weighted by atomic mass is 32.2. The van der Waals surface area contributed by atoms with Gasteiger partial charge in [-0.2, -0.15) is 0 Å². The second-order valence-electron chi connectivity index (χ2n) is 6.61. The van der Waals surface area contributed by atoms with E-state index in [1.54, 1.807) is 4.57 Å². The van der Waals surface area contributed by atoms with Crippen molar-refractivity contribution in [3.05, 3.63) is 10.5 Å². The van der Waals surface area contributed by atoms with E-state index in [2.05, 4.69) is 29.4 Å². The first-order valence-electron chi connectivity index (χ1n) is 8.56. The summed E-state index contributed by atoms with van der Waals surface area (Å²) in [7, 11) is 0. The number of carbonyl (C=O) groups excluding carboxylic acids is 1. The third-order valence-electron chi connectivity index (χ3n) is 4.86. The number of aromatic amines is 1. The zero-order valence-electron chi connectivity index (χ0n) is 14.5. The van der Waals surface area contributed by atoms with Crippen LogP contribution in [-0.2, 0) is 11.3 Å². The molecule has 1 aliphatic carbocycles. The first-order valence-corrected chi connectivity index (χ1v) is 9.44. The van der Waals surface area contributed by atoms with Crippen LogP contribution in [0.15, 0.2) is 9.95 Å². The van der Waals surface area contributed by atoms with Crippen molar-refractivity contribution >= 4 is 17.7 Å². The number of hydrogen-bond acceptors (Lipinski definition) is 4. The van der Waals surface area contributed by atoms with E-state index < -0.39 is 0 Å². The van der Waals surface area contributed by atoms with Gasteiger partial charge in [-0.1, -0.05) is 45.4 Å². The number of rotatable bonds is 6. The number of amides is 1. The lowest BCUT2D eigenvalue weighted by molar-refractivity contribution is -0.121. The monoisotopic (exact) mass is 340 g/mol. The average molecular weight is 340 g/mol. The Balaban J connectivity index is 1.96. The van der Waals surface area contributed by atoms with E-state index >= 15 is 0 Å². The first-order chi connectivity index (χ1) is 10.9. The normalized spacial score (nSPS) is 26.0. The molecule has 0 aromatic carbocycles. The number of H-pyrrole nitrogens is 1. The van der Waals surface area contributed by atoms with Crippen LogP contribution in [0.25, 0.3) is 0 Å². The lowest BCUT2D eigenvalue weighted by Gasteiger charge is -2.35. The van der Waals surface area contributed by atoms with E-state index in [9.17, 15) is 9.59 Å². The second-order valence-corrected chi connectivity index (χ2v) is 7.91. The van der Waals surface area contributed by atoms with Crippen molar-refractivity contribution in [3.63, 3.8) is 0 Å². The molecule has 1 aromatic rings. The molecule has 0 spiro atoms. The van der Waals surface area contributed by atoms with Gasteiger partial charge in [0.05, 0.1) is 5.25 Å². The summed E-state index contributed by atoms with van der Waals surface area (Å²) in [6, 6.07) is 0.256. The molecule has 2 rings (SSSR count). The maximum absolute atomic E-state index is 12.5. The van der Waals surface area contributed by atoms with Crippen molar-refractivity contribution in [3.8, 4) is 0 Å². The lowest BCUT2D eigenvalue weighted by Crippen LogP contribution is -2.46. The van der Waals surface area contributed by atoms with Gasteiger partial charge in [-0.3, -0.25) is 9.36 Å². The zero-order valence-corrected chi connectivity index (χ0v) is 15.3. The van der Waals surface area contributed by atoms with E-state index in [1.807, 2.05) is 13.8 Å². The summed E-state index contributed by atoms with van der Waals surface area (Å²) in [6.07, 6.45) is 4.32. The quantitative estimate of drug-likeness (QED) is 0.779. The first kappa shape index (κ1) is 18.1. The fourth-order valence-corrected chi connectivity index (χ4v) is 4.00. The van der Waals surface area contributed by atoms with Crippen molar-refractivity contribution in [2.24, 2.45) is 11.8 Å². The number of carbonyl (C=O) groups is 1.